The maximum absolute atomic E-state index is 14.7. The maximum atomic E-state index is 14.7. The second kappa shape index (κ2) is 19.9. The van der Waals surface area contributed by atoms with E-state index in [0.29, 0.717) is 12.0 Å². The van der Waals surface area contributed by atoms with Crippen molar-refractivity contribution in [2.24, 2.45) is 17.8 Å². The quantitative estimate of drug-likeness (QED) is 0.212. The molecule has 5 amide bonds. The van der Waals surface area contributed by atoms with E-state index in [1.54, 1.807) is 7.05 Å². The molecule has 1 saturated heterocycles. The van der Waals surface area contributed by atoms with E-state index < -0.39 is 65.8 Å². The zero-order valence-corrected chi connectivity index (χ0v) is 32.6. The smallest absolute Gasteiger partial charge is 0.246 e. The summed E-state index contributed by atoms with van der Waals surface area (Å²) >= 11 is 0. The van der Waals surface area contributed by atoms with Gasteiger partial charge < -0.3 is 30.9 Å². The summed E-state index contributed by atoms with van der Waals surface area (Å²) < 4.78 is 6.51. The van der Waals surface area contributed by atoms with Crippen LogP contribution in [-0.4, -0.2) is 71.7 Å². The van der Waals surface area contributed by atoms with Crippen LogP contribution in [-0.2, 0) is 41.7 Å². The highest BCUT2D eigenvalue weighted by Crippen LogP contribution is 2.25. The summed E-state index contributed by atoms with van der Waals surface area (Å²) in [4.78, 5) is 73.2. The van der Waals surface area contributed by atoms with Crippen molar-refractivity contribution in [1.82, 2.24) is 26.2 Å². The van der Waals surface area contributed by atoms with Crippen molar-refractivity contribution in [1.29, 1.82) is 0 Å². The van der Waals surface area contributed by atoms with Crippen LogP contribution in [0.1, 0.15) is 77.2 Å². The Morgan fingerprint density at radius 3 is 1.61 bits per heavy atom. The van der Waals surface area contributed by atoms with Crippen LogP contribution in [0.4, 0.5) is 0 Å². The first-order valence-electron chi connectivity index (χ1n) is 19.0. The average Bonchev–Trinajstić information content (AvgIpc) is 3.13. The number of hydrogen-bond donors (Lipinski definition) is 4. The number of rotatable bonds is 12. The molecule has 11 nitrogen and oxygen atoms in total. The molecule has 1 heterocycles. The number of likely N-dealkylation sites (N-methyl/N-ethyl adjacent to an activating group) is 1. The van der Waals surface area contributed by atoms with Crippen LogP contribution in [0.5, 0.6) is 0 Å². The summed E-state index contributed by atoms with van der Waals surface area (Å²) in [5.74, 6) is -3.09. The standard InChI is InChI=1S/C43H57N5O6/c1-27(2)23-33-39(49)44-34(25-30-17-11-8-12-18-30)40(50)47-36(38(32-21-15-10-16-22-32)54-26-31-19-13-9-14-20-31)41(51)46-35(24-28(3)4)43(53)48(7)37(29(5)6)42(52)45-33/h8-22,27-29,33-38H,23-26H2,1-7H3,(H,44,49)(H,45,52)(H,46,51)(H,47,50)/t33-,34-,35+,36-,37+,38-/m1/s1. The Kier molecular flexibility index (Phi) is 15.4. The zero-order valence-electron chi connectivity index (χ0n) is 32.6. The summed E-state index contributed by atoms with van der Waals surface area (Å²) in [6, 6.07) is 22.4. The number of carbonyl (C=O) groups excluding carboxylic acids is 5. The zero-order chi connectivity index (χ0) is 39.4. The van der Waals surface area contributed by atoms with E-state index in [4.69, 9.17) is 4.74 Å². The molecule has 3 aromatic carbocycles. The number of nitrogens with zero attached hydrogens (tertiary/aromatic N) is 1. The van der Waals surface area contributed by atoms with Gasteiger partial charge in [-0.2, -0.15) is 0 Å². The predicted octanol–water partition coefficient (Wildman–Crippen LogP) is 4.72. The van der Waals surface area contributed by atoms with Gasteiger partial charge in [-0.3, -0.25) is 24.0 Å². The van der Waals surface area contributed by atoms with Crippen molar-refractivity contribution < 1.29 is 28.7 Å². The Labute approximate surface area is 320 Å². The normalized spacial score (nSPS) is 22.6. The number of hydrogen-bond acceptors (Lipinski definition) is 6. The van der Waals surface area contributed by atoms with Crippen molar-refractivity contribution in [2.75, 3.05) is 7.05 Å². The van der Waals surface area contributed by atoms with Crippen molar-refractivity contribution in [2.45, 2.75) is 104 Å². The molecule has 54 heavy (non-hydrogen) atoms. The largest absolute Gasteiger partial charge is 0.366 e. The molecule has 0 aliphatic carbocycles. The lowest BCUT2D eigenvalue weighted by atomic mass is 9.96. The Morgan fingerprint density at radius 1 is 0.574 bits per heavy atom. The number of ether oxygens (including phenoxy) is 1. The minimum atomic E-state index is -1.33. The van der Waals surface area contributed by atoms with Gasteiger partial charge >= 0.3 is 0 Å². The van der Waals surface area contributed by atoms with Gasteiger partial charge in [0.15, 0.2) is 0 Å². The third-order valence-electron chi connectivity index (χ3n) is 9.53. The molecular formula is C43H57N5O6. The predicted molar refractivity (Wildman–Crippen MR) is 209 cm³/mol. The topological polar surface area (TPSA) is 146 Å². The molecule has 0 spiro atoms. The number of benzene rings is 3. The SMILES string of the molecule is CC(C)C[C@@H]1NC(=O)[C@@H]([C@H](OCc2ccccc2)c2ccccc2)NC(=O)[C@@H](Cc2ccccc2)NC(=O)[C@@H](CC(C)C)NC(=O)[C@H](C(C)C)N(C)C1=O. The van der Waals surface area contributed by atoms with Crippen LogP contribution >= 0.6 is 0 Å². The first-order chi connectivity index (χ1) is 25.7. The lowest BCUT2D eigenvalue weighted by molar-refractivity contribution is -0.145. The van der Waals surface area contributed by atoms with Crippen molar-refractivity contribution in [3.05, 3.63) is 108 Å². The monoisotopic (exact) mass is 739 g/mol. The third kappa shape index (κ3) is 11.7. The van der Waals surface area contributed by atoms with Crippen LogP contribution in [0.3, 0.4) is 0 Å². The van der Waals surface area contributed by atoms with Gasteiger partial charge in [-0.05, 0) is 47.3 Å². The minimum absolute atomic E-state index is 0.0106. The van der Waals surface area contributed by atoms with Crippen LogP contribution in [0.15, 0.2) is 91.0 Å². The van der Waals surface area contributed by atoms with Crippen LogP contribution in [0, 0.1) is 17.8 Å². The number of carbonyl (C=O) groups is 5. The summed E-state index contributed by atoms with van der Waals surface area (Å²) in [5.41, 5.74) is 2.27. The van der Waals surface area contributed by atoms with Crippen LogP contribution in [0.2, 0.25) is 0 Å². The van der Waals surface area contributed by atoms with Gasteiger partial charge in [0.05, 0.1) is 6.61 Å². The van der Waals surface area contributed by atoms with Gasteiger partial charge in [-0.25, -0.2) is 0 Å². The molecule has 1 aliphatic rings. The molecule has 1 fully saturated rings. The molecule has 0 unspecified atom stereocenters. The fourth-order valence-corrected chi connectivity index (χ4v) is 6.87. The Hall–Kier alpha value is -5.03. The highest BCUT2D eigenvalue weighted by molar-refractivity contribution is 5.98. The molecule has 0 radical (unpaired) electrons. The van der Waals surface area contributed by atoms with Gasteiger partial charge in [0, 0.05) is 13.5 Å². The fraction of sp³-hybridized carbons (Fsp3) is 0.465. The van der Waals surface area contributed by atoms with Gasteiger partial charge in [-0.1, -0.05) is 133 Å². The summed E-state index contributed by atoms with van der Waals surface area (Å²) in [6.07, 6.45) is -0.314. The summed E-state index contributed by atoms with van der Waals surface area (Å²) in [5, 5.41) is 11.7. The second-order valence-corrected chi connectivity index (χ2v) is 15.4. The lowest BCUT2D eigenvalue weighted by Crippen LogP contribution is -2.60. The van der Waals surface area contributed by atoms with E-state index in [1.807, 2.05) is 133 Å². The van der Waals surface area contributed by atoms with Gasteiger partial charge in [0.2, 0.25) is 29.5 Å². The minimum Gasteiger partial charge on any atom is -0.366 e. The highest BCUT2D eigenvalue weighted by Gasteiger charge is 2.40. The molecule has 3 aromatic rings. The first-order valence-corrected chi connectivity index (χ1v) is 19.0. The van der Waals surface area contributed by atoms with E-state index >= 15 is 0 Å². The molecule has 0 aromatic heterocycles. The van der Waals surface area contributed by atoms with Gasteiger partial charge in [0.25, 0.3) is 0 Å². The molecule has 290 valence electrons. The molecular weight excluding hydrogens is 683 g/mol. The lowest BCUT2D eigenvalue weighted by Gasteiger charge is -2.35. The molecule has 0 saturated carbocycles. The second-order valence-electron chi connectivity index (χ2n) is 15.4. The fourth-order valence-electron chi connectivity index (χ4n) is 6.87. The Balaban J connectivity index is 1.87. The van der Waals surface area contributed by atoms with Gasteiger partial charge in [-0.15, -0.1) is 0 Å². The van der Waals surface area contributed by atoms with E-state index in [9.17, 15) is 24.0 Å². The first kappa shape index (κ1) is 41.7. The van der Waals surface area contributed by atoms with E-state index in [0.717, 1.165) is 11.1 Å². The van der Waals surface area contributed by atoms with Crippen LogP contribution in [0.25, 0.3) is 0 Å². The number of nitrogens with one attached hydrogen (secondary N) is 4. The van der Waals surface area contributed by atoms with Crippen molar-refractivity contribution in [3.63, 3.8) is 0 Å². The molecule has 0 bridgehead atoms. The molecule has 11 heteroatoms. The molecule has 4 N–H and O–H groups in total. The van der Waals surface area contributed by atoms with E-state index in [1.165, 1.54) is 4.90 Å². The Morgan fingerprint density at radius 2 is 1.06 bits per heavy atom. The highest BCUT2D eigenvalue weighted by atomic mass is 16.5. The number of amides is 5. The van der Waals surface area contributed by atoms with Crippen molar-refractivity contribution in [3.8, 4) is 0 Å². The van der Waals surface area contributed by atoms with E-state index in [2.05, 4.69) is 21.3 Å². The molecule has 6 atom stereocenters. The van der Waals surface area contributed by atoms with Crippen molar-refractivity contribution >= 4 is 29.5 Å². The summed E-state index contributed by atoms with van der Waals surface area (Å²) in [6.45, 7) is 11.6. The molecule has 1 aliphatic heterocycles. The maximum Gasteiger partial charge on any atom is 0.246 e. The Bertz CT molecular complexity index is 1680. The average molecular weight is 740 g/mol. The third-order valence-corrected chi connectivity index (χ3v) is 9.53. The molecule has 4 rings (SSSR count). The van der Waals surface area contributed by atoms with Crippen LogP contribution < -0.4 is 21.3 Å². The van der Waals surface area contributed by atoms with E-state index in [-0.39, 0.29) is 37.2 Å². The van der Waals surface area contributed by atoms with Gasteiger partial charge in [0.1, 0.15) is 36.3 Å². The summed E-state index contributed by atoms with van der Waals surface area (Å²) in [7, 11) is 1.55.